The molecule has 0 aliphatic heterocycles. The maximum atomic E-state index is 14.7. The second kappa shape index (κ2) is 10.2. The maximum Gasteiger partial charge on any atom is 0.131 e. The van der Waals surface area contributed by atoms with E-state index in [-0.39, 0.29) is 0 Å². The van der Waals surface area contributed by atoms with Crippen LogP contribution in [-0.4, -0.2) is 0 Å². The molecule has 1 aromatic rings. The molecule has 0 N–H and O–H groups in total. The molecule has 0 nitrogen and oxygen atoms in total. The van der Waals surface area contributed by atoms with E-state index in [4.69, 9.17) is 0 Å². The van der Waals surface area contributed by atoms with Crippen LogP contribution >= 0.6 is 0 Å². The average molecular weight is 341 g/mol. The molecule has 0 spiro atoms. The topological polar surface area (TPSA) is 0 Å². The number of benzene rings is 1. The van der Waals surface area contributed by atoms with Gasteiger partial charge in [0.05, 0.1) is 0 Å². The van der Waals surface area contributed by atoms with Gasteiger partial charge in [-0.15, -0.1) is 0 Å². The molecule has 0 aliphatic carbocycles. The van der Waals surface area contributed by atoms with Gasteiger partial charge in [-0.2, -0.15) is 0 Å². The molecule has 0 aliphatic rings. The summed E-state index contributed by atoms with van der Waals surface area (Å²) in [6, 6.07) is 7.70. The van der Waals surface area contributed by atoms with E-state index in [2.05, 4.69) is 45.6 Å². The minimum Gasteiger partial charge on any atom is -0.239 e. The minimum absolute atomic E-state index is 0.702. The van der Waals surface area contributed by atoms with E-state index in [1.165, 1.54) is 11.1 Å². The number of rotatable bonds is 9. The van der Waals surface area contributed by atoms with Gasteiger partial charge >= 0.3 is 0 Å². The molecule has 1 aromatic carbocycles. The molecule has 136 valence electrons. The lowest BCUT2D eigenvalue weighted by Gasteiger charge is -2.20. The van der Waals surface area contributed by atoms with Gasteiger partial charge in [0.1, 0.15) is 5.67 Å². The molecular formula is C24H33F. The summed E-state index contributed by atoms with van der Waals surface area (Å²) in [4.78, 5) is 0. The van der Waals surface area contributed by atoms with E-state index < -0.39 is 5.67 Å². The van der Waals surface area contributed by atoms with Gasteiger partial charge < -0.3 is 0 Å². The fraction of sp³-hybridized carbons (Fsp3) is 0.417. The molecule has 25 heavy (non-hydrogen) atoms. The Balaban J connectivity index is 3.50. The van der Waals surface area contributed by atoms with Gasteiger partial charge in [-0.25, -0.2) is 4.39 Å². The predicted molar refractivity (Wildman–Crippen MR) is 110 cm³/mol. The van der Waals surface area contributed by atoms with E-state index in [1.807, 2.05) is 30.3 Å². The molecular weight excluding hydrogens is 307 g/mol. The SMILES string of the molecule is C=C\C(=C/C(=C/CCC)C(=C\CC)/CC)c1ccccc1C(C)(C)F. The summed E-state index contributed by atoms with van der Waals surface area (Å²) in [5, 5.41) is 0. The van der Waals surface area contributed by atoms with Gasteiger partial charge in [0, 0.05) is 0 Å². The lowest BCUT2D eigenvalue weighted by Crippen LogP contribution is -2.11. The Bertz CT molecular complexity index is 651. The van der Waals surface area contributed by atoms with Crippen LogP contribution in [0.15, 0.2) is 66.3 Å². The highest BCUT2D eigenvalue weighted by atomic mass is 19.1. The van der Waals surface area contributed by atoms with Crippen LogP contribution in [0.4, 0.5) is 4.39 Å². The van der Waals surface area contributed by atoms with Crippen LogP contribution in [0.1, 0.15) is 71.4 Å². The van der Waals surface area contributed by atoms with Crippen LogP contribution in [0.5, 0.6) is 0 Å². The molecule has 0 saturated carbocycles. The first-order valence-electron chi connectivity index (χ1n) is 9.41. The van der Waals surface area contributed by atoms with Crippen molar-refractivity contribution in [2.45, 2.75) is 66.0 Å². The summed E-state index contributed by atoms with van der Waals surface area (Å²) >= 11 is 0. The Morgan fingerprint density at radius 1 is 1.12 bits per heavy atom. The van der Waals surface area contributed by atoms with Crippen molar-refractivity contribution >= 4 is 5.57 Å². The molecule has 0 unspecified atom stereocenters. The third-order valence-electron chi connectivity index (χ3n) is 4.26. The van der Waals surface area contributed by atoms with Crippen molar-refractivity contribution in [2.75, 3.05) is 0 Å². The lowest BCUT2D eigenvalue weighted by atomic mass is 9.88. The van der Waals surface area contributed by atoms with Crippen molar-refractivity contribution < 1.29 is 4.39 Å². The highest BCUT2D eigenvalue weighted by Crippen LogP contribution is 2.33. The molecule has 0 aromatic heterocycles. The molecule has 1 rings (SSSR count). The van der Waals surface area contributed by atoms with Crippen molar-refractivity contribution in [1.82, 2.24) is 0 Å². The minimum atomic E-state index is -1.39. The second-order valence-electron chi connectivity index (χ2n) is 6.76. The van der Waals surface area contributed by atoms with E-state index in [0.717, 1.165) is 36.8 Å². The van der Waals surface area contributed by atoms with Crippen LogP contribution < -0.4 is 0 Å². The third kappa shape index (κ3) is 6.16. The number of hydrogen-bond donors (Lipinski definition) is 0. The zero-order chi connectivity index (χ0) is 18.9. The fourth-order valence-electron chi connectivity index (χ4n) is 2.96. The summed E-state index contributed by atoms with van der Waals surface area (Å²) in [7, 11) is 0. The first kappa shape index (κ1) is 21.2. The molecule has 0 heterocycles. The van der Waals surface area contributed by atoms with Gasteiger partial charge in [0.15, 0.2) is 0 Å². The molecule has 0 bridgehead atoms. The molecule has 0 fully saturated rings. The van der Waals surface area contributed by atoms with Crippen LogP contribution in [0.25, 0.3) is 5.57 Å². The Hall–Kier alpha value is -1.89. The summed E-state index contributed by atoms with van der Waals surface area (Å²) < 4.78 is 14.7. The summed E-state index contributed by atoms with van der Waals surface area (Å²) in [5.74, 6) is 0. The lowest BCUT2D eigenvalue weighted by molar-refractivity contribution is 0.221. The predicted octanol–water partition coefficient (Wildman–Crippen LogP) is 7.93. The van der Waals surface area contributed by atoms with E-state index in [1.54, 1.807) is 13.8 Å². The average Bonchev–Trinajstić information content (AvgIpc) is 2.59. The zero-order valence-electron chi connectivity index (χ0n) is 16.5. The van der Waals surface area contributed by atoms with Crippen LogP contribution in [0, 0.1) is 0 Å². The van der Waals surface area contributed by atoms with Crippen molar-refractivity contribution in [3.63, 3.8) is 0 Å². The number of alkyl halides is 1. The number of unbranched alkanes of at least 4 members (excludes halogenated alkanes) is 1. The van der Waals surface area contributed by atoms with Crippen LogP contribution in [0.2, 0.25) is 0 Å². The molecule has 0 atom stereocenters. The standard InChI is InChI=1S/C24H33F/c1-7-11-15-21(19(9-3)14-8-2)18-20(10-4)22-16-12-13-17-23(22)24(5,6)25/h10,12-18H,4,7-9,11H2,1-3,5-6H3/b19-14-,20-18+,21-15-. The summed E-state index contributed by atoms with van der Waals surface area (Å²) in [5.41, 5.74) is 3.77. The first-order chi connectivity index (χ1) is 11.9. The fourth-order valence-corrected chi connectivity index (χ4v) is 2.96. The highest BCUT2D eigenvalue weighted by Gasteiger charge is 2.22. The van der Waals surface area contributed by atoms with Crippen molar-refractivity contribution in [3.8, 4) is 0 Å². The number of hydrogen-bond acceptors (Lipinski definition) is 0. The third-order valence-corrected chi connectivity index (χ3v) is 4.26. The molecule has 0 saturated heterocycles. The van der Waals surface area contributed by atoms with Crippen molar-refractivity contribution in [2.24, 2.45) is 0 Å². The van der Waals surface area contributed by atoms with Gasteiger partial charge in [-0.05, 0) is 67.0 Å². The Morgan fingerprint density at radius 3 is 2.32 bits per heavy atom. The van der Waals surface area contributed by atoms with Crippen LogP contribution in [0.3, 0.4) is 0 Å². The second-order valence-corrected chi connectivity index (χ2v) is 6.76. The summed E-state index contributed by atoms with van der Waals surface area (Å²) in [6.45, 7) is 13.7. The van der Waals surface area contributed by atoms with Gasteiger partial charge in [0.25, 0.3) is 0 Å². The van der Waals surface area contributed by atoms with Crippen LogP contribution in [-0.2, 0) is 5.67 Å². The number of halogens is 1. The normalized spacial score (nSPS) is 13.9. The summed E-state index contributed by atoms with van der Waals surface area (Å²) in [6.07, 6.45) is 12.7. The van der Waals surface area contributed by atoms with Crippen molar-refractivity contribution in [1.29, 1.82) is 0 Å². The monoisotopic (exact) mass is 340 g/mol. The van der Waals surface area contributed by atoms with Gasteiger partial charge in [-0.3, -0.25) is 0 Å². The Morgan fingerprint density at radius 2 is 1.80 bits per heavy atom. The maximum absolute atomic E-state index is 14.7. The largest absolute Gasteiger partial charge is 0.239 e. The quantitative estimate of drug-likeness (QED) is 0.400. The van der Waals surface area contributed by atoms with E-state index >= 15 is 0 Å². The molecule has 1 heteroatoms. The van der Waals surface area contributed by atoms with Crippen molar-refractivity contribution in [3.05, 3.63) is 77.4 Å². The Labute approximate surface area is 153 Å². The van der Waals surface area contributed by atoms with E-state index in [9.17, 15) is 4.39 Å². The molecule has 0 amide bonds. The van der Waals surface area contributed by atoms with Gasteiger partial charge in [0.2, 0.25) is 0 Å². The van der Waals surface area contributed by atoms with Gasteiger partial charge in [-0.1, -0.05) is 76.3 Å². The first-order valence-corrected chi connectivity index (χ1v) is 9.41. The highest BCUT2D eigenvalue weighted by molar-refractivity contribution is 5.79. The van der Waals surface area contributed by atoms with E-state index in [0.29, 0.717) is 5.56 Å². The number of allylic oxidation sites excluding steroid dienone is 7. The molecule has 0 radical (unpaired) electrons. The zero-order valence-corrected chi connectivity index (χ0v) is 16.5. The Kier molecular flexibility index (Phi) is 8.61. The smallest absolute Gasteiger partial charge is 0.131 e.